The third-order valence-corrected chi connectivity index (χ3v) is 5.80. The molecule has 0 N–H and O–H groups in total. The molecule has 0 aromatic carbocycles. The first-order valence-corrected chi connectivity index (χ1v) is 10.7. The van der Waals surface area contributed by atoms with Crippen LogP contribution in [-0.4, -0.2) is 47.4 Å². The van der Waals surface area contributed by atoms with E-state index in [4.69, 9.17) is 10.1 Å². The summed E-state index contributed by atoms with van der Waals surface area (Å²) >= 11 is 0. The Balaban J connectivity index is 1.33. The number of rotatable bonds is 5. The van der Waals surface area contributed by atoms with Gasteiger partial charge in [-0.1, -0.05) is 6.07 Å². The van der Waals surface area contributed by atoms with Gasteiger partial charge in [-0.2, -0.15) is 10.2 Å². The molecule has 1 fully saturated rings. The summed E-state index contributed by atoms with van der Waals surface area (Å²) in [4.78, 5) is 11.6. The van der Waals surface area contributed by atoms with Gasteiger partial charge in [0.2, 0.25) is 0 Å². The molecule has 1 atom stereocenters. The molecule has 4 aromatic heterocycles. The maximum absolute atomic E-state index is 4.83. The van der Waals surface area contributed by atoms with Crippen molar-refractivity contribution in [3.63, 3.8) is 0 Å². The Labute approximate surface area is 176 Å². The van der Waals surface area contributed by atoms with Gasteiger partial charge in [0.25, 0.3) is 0 Å². The molecule has 0 unspecified atom stereocenters. The van der Waals surface area contributed by atoms with E-state index in [9.17, 15) is 0 Å². The number of likely N-dealkylation sites (tertiary alicyclic amines) is 1. The number of piperidine rings is 1. The Bertz CT molecular complexity index is 1130. The van der Waals surface area contributed by atoms with Crippen LogP contribution in [0, 0.1) is 0 Å². The lowest BCUT2D eigenvalue weighted by atomic mass is 9.97. The SMILES string of the molecule is CC(C)n1cc(CN2CCC[C@H](c3nc4ccc(-c5cccnc5)cn4n3)C2)cn1. The molecule has 1 aliphatic heterocycles. The Hall–Kier alpha value is -3.06. The van der Waals surface area contributed by atoms with Crippen LogP contribution < -0.4 is 0 Å². The maximum Gasteiger partial charge on any atom is 0.156 e. The lowest BCUT2D eigenvalue weighted by molar-refractivity contribution is 0.196. The summed E-state index contributed by atoms with van der Waals surface area (Å²) in [6.07, 6.45) is 12.2. The third kappa shape index (κ3) is 3.85. The molecule has 0 saturated carbocycles. The van der Waals surface area contributed by atoms with Gasteiger partial charge in [-0.15, -0.1) is 0 Å². The van der Waals surface area contributed by atoms with Gasteiger partial charge < -0.3 is 0 Å². The van der Waals surface area contributed by atoms with Crippen LogP contribution in [-0.2, 0) is 6.54 Å². The predicted molar refractivity (Wildman–Crippen MR) is 116 cm³/mol. The molecule has 7 heteroatoms. The van der Waals surface area contributed by atoms with Crippen molar-refractivity contribution in [1.82, 2.24) is 34.3 Å². The van der Waals surface area contributed by atoms with Crippen LogP contribution in [0.2, 0.25) is 0 Å². The van der Waals surface area contributed by atoms with Gasteiger partial charge in [-0.25, -0.2) is 9.50 Å². The topological polar surface area (TPSA) is 64.1 Å². The van der Waals surface area contributed by atoms with E-state index in [1.54, 1.807) is 6.20 Å². The quantitative estimate of drug-likeness (QED) is 0.507. The molecule has 30 heavy (non-hydrogen) atoms. The second-order valence-electron chi connectivity index (χ2n) is 8.43. The first-order chi connectivity index (χ1) is 14.7. The molecule has 5 rings (SSSR count). The lowest BCUT2D eigenvalue weighted by Gasteiger charge is -2.30. The molecule has 4 aromatic rings. The zero-order valence-electron chi connectivity index (χ0n) is 17.5. The Kier molecular flexibility index (Phi) is 5.04. The number of aromatic nitrogens is 6. The normalized spacial score (nSPS) is 17.8. The highest BCUT2D eigenvalue weighted by Crippen LogP contribution is 2.27. The minimum absolute atomic E-state index is 0.362. The molecule has 5 heterocycles. The van der Waals surface area contributed by atoms with Crippen molar-refractivity contribution in [3.05, 3.63) is 66.6 Å². The van der Waals surface area contributed by atoms with E-state index in [1.165, 1.54) is 12.0 Å². The maximum atomic E-state index is 4.83. The van der Waals surface area contributed by atoms with E-state index >= 15 is 0 Å². The van der Waals surface area contributed by atoms with Gasteiger partial charge in [0.1, 0.15) is 0 Å². The summed E-state index contributed by atoms with van der Waals surface area (Å²) in [6, 6.07) is 8.54. The monoisotopic (exact) mass is 401 g/mol. The number of pyridine rings is 2. The van der Waals surface area contributed by atoms with E-state index in [2.05, 4.69) is 47.2 Å². The molecule has 0 bridgehead atoms. The second kappa shape index (κ2) is 7.99. The van der Waals surface area contributed by atoms with Gasteiger partial charge >= 0.3 is 0 Å². The van der Waals surface area contributed by atoms with Crippen LogP contribution in [0.3, 0.4) is 0 Å². The lowest BCUT2D eigenvalue weighted by Crippen LogP contribution is -2.34. The Morgan fingerprint density at radius 1 is 1.10 bits per heavy atom. The molecule has 0 aliphatic carbocycles. The molecule has 0 spiro atoms. The Morgan fingerprint density at radius 3 is 2.83 bits per heavy atom. The van der Waals surface area contributed by atoms with Crippen LogP contribution in [0.5, 0.6) is 0 Å². The van der Waals surface area contributed by atoms with Crippen molar-refractivity contribution in [2.75, 3.05) is 13.1 Å². The number of hydrogen-bond donors (Lipinski definition) is 0. The largest absolute Gasteiger partial charge is 0.298 e. The van der Waals surface area contributed by atoms with Gasteiger partial charge in [0, 0.05) is 66.5 Å². The minimum atomic E-state index is 0.362. The van der Waals surface area contributed by atoms with Crippen LogP contribution >= 0.6 is 0 Å². The van der Waals surface area contributed by atoms with Crippen LogP contribution in [0.25, 0.3) is 16.8 Å². The average molecular weight is 402 g/mol. The van der Waals surface area contributed by atoms with Gasteiger partial charge in [0.05, 0.1) is 6.20 Å². The molecular formula is C23H27N7. The molecule has 154 valence electrons. The first kappa shape index (κ1) is 18.9. The fourth-order valence-corrected chi connectivity index (χ4v) is 4.19. The summed E-state index contributed by atoms with van der Waals surface area (Å²) in [5.41, 5.74) is 4.35. The fraction of sp³-hybridized carbons (Fsp3) is 0.391. The Morgan fingerprint density at radius 2 is 2.03 bits per heavy atom. The molecule has 1 saturated heterocycles. The first-order valence-electron chi connectivity index (χ1n) is 10.7. The standard InChI is InChI=1S/C23H27N7/c1-17(2)29-14-18(11-25-29)13-28-10-4-6-21(15-28)23-26-22-8-7-20(16-30(22)27-23)19-5-3-9-24-12-19/h3,5,7-9,11-12,14,16-17,21H,4,6,10,13,15H2,1-2H3/t21-/m0/s1. The molecule has 0 radical (unpaired) electrons. The van der Waals surface area contributed by atoms with E-state index in [1.807, 2.05) is 39.9 Å². The highest BCUT2D eigenvalue weighted by molar-refractivity contribution is 5.63. The average Bonchev–Trinajstić information content (AvgIpc) is 3.41. The van der Waals surface area contributed by atoms with Crippen molar-refractivity contribution in [1.29, 1.82) is 0 Å². The molecule has 7 nitrogen and oxygen atoms in total. The highest BCUT2D eigenvalue weighted by atomic mass is 15.3. The number of fused-ring (bicyclic) bond motifs is 1. The fourth-order valence-electron chi connectivity index (χ4n) is 4.19. The van der Waals surface area contributed by atoms with Crippen LogP contribution in [0.15, 0.2) is 55.2 Å². The molecular weight excluding hydrogens is 374 g/mol. The minimum Gasteiger partial charge on any atom is -0.298 e. The van der Waals surface area contributed by atoms with Crippen LogP contribution in [0.4, 0.5) is 0 Å². The summed E-state index contributed by atoms with van der Waals surface area (Å²) < 4.78 is 3.93. The van der Waals surface area contributed by atoms with Crippen molar-refractivity contribution >= 4 is 5.65 Å². The van der Waals surface area contributed by atoms with Gasteiger partial charge in [0.15, 0.2) is 11.5 Å². The van der Waals surface area contributed by atoms with Crippen molar-refractivity contribution in [2.45, 2.75) is 45.2 Å². The smallest absolute Gasteiger partial charge is 0.156 e. The van der Waals surface area contributed by atoms with Gasteiger partial charge in [-0.05, 0) is 51.4 Å². The van der Waals surface area contributed by atoms with E-state index in [0.29, 0.717) is 12.0 Å². The zero-order chi connectivity index (χ0) is 20.5. The molecule has 0 amide bonds. The summed E-state index contributed by atoms with van der Waals surface area (Å²) in [6.45, 7) is 7.34. The highest BCUT2D eigenvalue weighted by Gasteiger charge is 2.25. The van der Waals surface area contributed by atoms with E-state index in [-0.39, 0.29) is 0 Å². The van der Waals surface area contributed by atoms with E-state index < -0.39 is 0 Å². The third-order valence-electron chi connectivity index (χ3n) is 5.80. The van der Waals surface area contributed by atoms with Crippen molar-refractivity contribution < 1.29 is 0 Å². The zero-order valence-corrected chi connectivity index (χ0v) is 17.5. The number of nitrogens with zero attached hydrogens (tertiary/aromatic N) is 7. The summed E-state index contributed by atoms with van der Waals surface area (Å²) in [7, 11) is 0. The van der Waals surface area contributed by atoms with E-state index in [0.717, 1.165) is 48.7 Å². The van der Waals surface area contributed by atoms with Crippen molar-refractivity contribution in [2.24, 2.45) is 0 Å². The van der Waals surface area contributed by atoms with Crippen molar-refractivity contribution in [3.8, 4) is 11.1 Å². The van der Waals surface area contributed by atoms with Crippen LogP contribution in [0.1, 0.15) is 50.0 Å². The summed E-state index contributed by atoms with van der Waals surface area (Å²) in [5.74, 6) is 1.31. The predicted octanol–water partition coefficient (Wildman–Crippen LogP) is 3.95. The second-order valence-corrected chi connectivity index (χ2v) is 8.43. The summed E-state index contributed by atoms with van der Waals surface area (Å²) in [5, 5.41) is 9.31. The van der Waals surface area contributed by atoms with Gasteiger partial charge in [-0.3, -0.25) is 14.6 Å². The molecule has 1 aliphatic rings. The number of hydrogen-bond acceptors (Lipinski definition) is 5.